The Balaban J connectivity index is 3.04. The van der Waals surface area contributed by atoms with Crippen LogP contribution in [0.25, 0.3) is 0 Å². The third-order valence-electron chi connectivity index (χ3n) is 0.890. The Hall–Kier alpha value is -0.323. The first-order valence-electron chi connectivity index (χ1n) is 3.27. The Morgan fingerprint density at radius 2 is 2.20 bits per heavy atom. The minimum absolute atomic E-state index is 0.261. The van der Waals surface area contributed by atoms with Crippen molar-refractivity contribution >= 4 is 9.28 Å². The van der Waals surface area contributed by atoms with Crippen molar-refractivity contribution in [1.29, 1.82) is 0 Å². The van der Waals surface area contributed by atoms with E-state index >= 15 is 0 Å². The summed E-state index contributed by atoms with van der Waals surface area (Å²) in [6.45, 7) is 8.25. The van der Waals surface area contributed by atoms with E-state index in [-0.39, 0.29) is 6.79 Å². The molecule has 0 N–H and O–H groups in total. The summed E-state index contributed by atoms with van der Waals surface area (Å²) in [6, 6.07) is 0. The molecule has 10 heavy (non-hydrogen) atoms. The molecule has 0 aliphatic heterocycles. The van der Waals surface area contributed by atoms with Crippen molar-refractivity contribution in [1.82, 2.24) is 0 Å². The van der Waals surface area contributed by atoms with Crippen LogP contribution in [0.15, 0.2) is 12.8 Å². The SMILES string of the molecule is C=COCO[SiH](C)OCC. The van der Waals surface area contributed by atoms with Gasteiger partial charge in [-0.15, -0.1) is 0 Å². The number of hydrogen-bond donors (Lipinski definition) is 0. The summed E-state index contributed by atoms with van der Waals surface area (Å²) < 4.78 is 15.1. The van der Waals surface area contributed by atoms with Crippen LogP contribution in [0, 0.1) is 0 Å². The zero-order chi connectivity index (χ0) is 7.82. The van der Waals surface area contributed by atoms with Crippen LogP contribution in [0.3, 0.4) is 0 Å². The maximum atomic E-state index is 5.19. The van der Waals surface area contributed by atoms with Gasteiger partial charge < -0.3 is 13.6 Å². The Morgan fingerprint density at radius 3 is 2.70 bits per heavy atom. The molecule has 0 bridgehead atoms. The average Bonchev–Trinajstić information content (AvgIpc) is 1.89. The van der Waals surface area contributed by atoms with Crippen LogP contribution < -0.4 is 0 Å². The third-order valence-corrected chi connectivity index (χ3v) is 2.30. The van der Waals surface area contributed by atoms with Crippen molar-refractivity contribution < 1.29 is 13.6 Å². The van der Waals surface area contributed by atoms with E-state index in [0.29, 0.717) is 6.61 Å². The van der Waals surface area contributed by atoms with Crippen LogP contribution in [0.5, 0.6) is 0 Å². The quantitative estimate of drug-likeness (QED) is 0.252. The molecule has 0 heterocycles. The van der Waals surface area contributed by atoms with Crippen molar-refractivity contribution in [3.63, 3.8) is 0 Å². The van der Waals surface area contributed by atoms with Crippen LogP contribution in [0.4, 0.5) is 0 Å². The smallest absolute Gasteiger partial charge is 0.321 e. The lowest BCUT2D eigenvalue weighted by molar-refractivity contribution is 0.0560. The van der Waals surface area contributed by atoms with Gasteiger partial charge in [0.25, 0.3) is 0 Å². The largest absolute Gasteiger partial charge is 0.477 e. The summed E-state index contributed by atoms with van der Waals surface area (Å²) in [5.74, 6) is 0. The van der Waals surface area contributed by atoms with Crippen molar-refractivity contribution in [2.24, 2.45) is 0 Å². The lowest BCUT2D eigenvalue weighted by Gasteiger charge is -2.09. The summed E-state index contributed by atoms with van der Waals surface area (Å²) in [7, 11) is -1.41. The Kier molecular flexibility index (Phi) is 6.57. The second-order valence-electron chi connectivity index (χ2n) is 1.64. The molecular weight excluding hydrogens is 148 g/mol. The molecule has 0 aliphatic rings. The molecule has 3 nitrogen and oxygen atoms in total. The van der Waals surface area contributed by atoms with Gasteiger partial charge in [-0.3, -0.25) is 0 Å². The third kappa shape index (κ3) is 5.81. The number of rotatable bonds is 6. The van der Waals surface area contributed by atoms with Gasteiger partial charge in [0.05, 0.1) is 6.26 Å². The van der Waals surface area contributed by atoms with E-state index in [1.165, 1.54) is 6.26 Å². The summed E-state index contributed by atoms with van der Waals surface area (Å²) in [4.78, 5) is 0. The Labute approximate surface area is 63.4 Å². The highest BCUT2D eigenvalue weighted by Gasteiger charge is 2.01. The highest BCUT2D eigenvalue weighted by Crippen LogP contribution is 1.88. The van der Waals surface area contributed by atoms with Crippen LogP contribution in [0.2, 0.25) is 6.55 Å². The fourth-order valence-corrected chi connectivity index (χ4v) is 1.30. The highest BCUT2D eigenvalue weighted by atomic mass is 28.3. The molecule has 1 unspecified atom stereocenters. The molecule has 0 aromatic heterocycles. The van der Waals surface area contributed by atoms with Crippen molar-refractivity contribution in [2.45, 2.75) is 13.5 Å². The fraction of sp³-hybridized carbons (Fsp3) is 0.667. The molecule has 0 radical (unpaired) electrons. The number of hydrogen-bond acceptors (Lipinski definition) is 3. The lowest BCUT2D eigenvalue weighted by Crippen LogP contribution is -2.19. The molecule has 0 saturated heterocycles. The minimum Gasteiger partial charge on any atom is -0.477 e. The van der Waals surface area contributed by atoms with E-state index < -0.39 is 9.28 Å². The molecule has 0 rings (SSSR count). The monoisotopic (exact) mass is 162 g/mol. The van der Waals surface area contributed by atoms with Gasteiger partial charge in [-0.05, 0) is 13.5 Å². The van der Waals surface area contributed by atoms with Crippen molar-refractivity contribution in [3.05, 3.63) is 12.8 Å². The van der Waals surface area contributed by atoms with Crippen molar-refractivity contribution in [2.75, 3.05) is 13.4 Å². The first-order chi connectivity index (χ1) is 4.81. The molecule has 0 saturated carbocycles. The van der Waals surface area contributed by atoms with Gasteiger partial charge in [0, 0.05) is 6.61 Å². The zero-order valence-corrected chi connectivity index (χ0v) is 7.66. The van der Waals surface area contributed by atoms with Gasteiger partial charge in [-0.1, -0.05) is 6.58 Å². The van der Waals surface area contributed by atoms with E-state index in [2.05, 4.69) is 6.58 Å². The zero-order valence-electron chi connectivity index (χ0n) is 6.50. The van der Waals surface area contributed by atoms with Gasteiger partial charge in [-0.25, -0.2) is 0 Å². The summed E-state index contributed by atoms with van der Waals surface area (Å²) in [5.41, 5.74) is 0. The molecule has 4 heteroatoms. The molecule has 0 spiro atoms. The van der Waals surface area contributed by atoms with E-state index in [9.17, 15) is 0 Å². The van der Waals surface area contributed by atoms with Gasteiger partial charge >= 0.3 is 9.28 Å². The van der Waals surface area contributed by atoms with E-state index in [1.54, 1.807) is 0 Å². The lowest BCUT2D eigenvalue weighted by atomic mass is 10.9. The summed E-state index contributed by atoms with van der Waals surface area (Å²) in [5, 5.41) is 0. The molecule has 0 fully saturated rings. The molecule has 0 aliphatic carbocycles. The predicted molar refractivity (Wildman–Crippen MR) is 41.9 cm³/mol. The molecule has 0 aromatic carbocycles. The average molecular weight is 162 g/mol. The predicted octanol–water partition coefficient (Wildman–Crippen LogP) is 1.01. The number of ether oxygens (including phenoxy) is 1. The van der Waals surface area contributed by atoms with E-state index in [4.69, 9.17) is 13.6 Å². The van der Waals surface area contributed by atoms with Crippen LogP contribution in [-0.4, -0.2) is 22.7 Å². The molecule has 0 aromatic rings. The second kappa shape index (κ2) is 6.79. The maximum absolute atomic E-state index is 5.19. The summed E-state index contributed by atoms with van der Waals surface area (Å²) in [6.07, 6.45) is 1.35. The van der Waals surface area contributed by atoms with Gasteiger partial charge in [0.15, 0.2) is 6.79 Å². The van der Waals surface area contributed by atoms with Crippen LogP contribution in [-0.2, 0) is 13.6 Å². The molecular formula is C6H14O3Si. The van der Waals surface area contributed by atoms with Crippen LogP contribution >= 0.6 is 0 Å². The standard InChI is InChI=1S/C6H14O3Si/c1-4-7-6-9-10(3)8-5-2/h4,10H,1,5-6H2,2-3H3. The first-order valence-corrected chi connectivity index (χ1v) is 5.36. The fourth-order valence-electron chi connectivity index (χ4n) is 0.466. The maximum Gasteiger partial charge on any atom is 0.321 e. The Morgan fingerprint density at radius 1 is 1.50 bits per heavy atom. The summed E-state index contributed by atoms with van der Waals surface area (Å²) >= 11 is 0. The topological polar surface area (TPSA) is 27.7 Å². The van der Waals surface area contributed by atoms with Crippen molar-refractivity contribution in [3.8, 4) is 0 Å². The van der Waals surface area contributed by atoms with E-state index in [0.717, 1.165) is 0 Å². The van der Waals surface area contributed by atoms with Crippen LogP contribution in [0.1, 0.15) is 6.92 Å². The van der Waals surface area contributed by atoms with Gasteiger partial charge in [-0.2, -0.15) is 0 Å². The molecule has 1 atom stereocenters. The molecule has 60 valence electrons. The highest BCUT2D eigenvalue weighted by molar-refractivity contribution is 6.42. The first kappa shape index (κ1) is 9.68. The van der Waals surface area contributed by atoms with E-state index in [1.807, 2.05) is 13.5 Å². The Bertz CT molecular complexity index is 87.1. The van der Waals surface area contributed by atoms with Gasteiger partial charge in [0.2, 0.25) is 0 Å². The second-order valence-corrected chi connectivity index (χ2v) is 3.44. The normalized spacial score (nSPS) is 12.6. The minimum atomic E-state index is -1.41. The van der Waals surface area contributed by atoms with Gasteiger partial charge in [0.1, 0.15) is 0 Å². The molecule has 0 amide bonds.